The lowest BCUT2D eigenvalue weighted by atomic mass is 9.98. The van der Waals surface area contributed by atoms with Crippen molar-refractivity contribution in [2.45, 2.75) is 44.2 Å². The minimum Gasteiger partial charge on any atom is -0.378 e. The lowest BCUT2D eigenvalue weighted by Gasteiger charge is -2.40. The van der Waals surface area contributed by atoms with Crippen LogP contribution in [0.25, 0.3) is 0 Å². The van der Waals surface area contributed by atoms with Gasteiger partial charge in [0.1, 0.15) is 0 Å². The Morgan fingerprint density at radius 3 is 2.68 bits per heavy atom. The molecule has 3 aliphatic rings. The number of amides is 2. The standard InChI is InChI=1S/C17H26N2O5S/c1-24-13-8-19(9-13)17(21)14-10-25(22,23)11-15(14)18-16(20)12-6-4-2-3-5-7-12/h6,13-15H,2-5,7-11H2,1H3,(H,18,20)/t14-,15-/m1/s1. The first kappa shape index (κ1) is 18.4. The van der Waals surface area contributed by atoms with E-state index in [0.29, 0.717) is 19.5 Å². The van der Waals surface area contributed by atoms with Crippen molar-refractivity contribution in [3.63, 3.8) is 0 Å². The Balaban J connectivity index is 1.66. The quantitative estimate of drug-likeness (QED) is 0.766. The van der Waals surface area contributed by atoms with Crippen LogP contribution in [0, 0.1) is 5.92 Å². The van der Waals surface area contributed by atoms with E-state index in [9.17, 15) is 18.0 Å². The Labute approximate surface area is 148 Å². The molecule has 2 heterocycles. The number of sulfone groups is 1. The van der Waals surface area contributed by atoms with Gasteiger partial charge in [-0.25, -0.2) is 8.42 Å². The SMILES string of the molecule is COC1CN(C(=O)[C@@H]2CS(=O)(=O)C[C@H]2NC(=O)C2=CCCCCC2)C1. The maximum atomic E-state index is 12.6. The number of carbonyl (C=O) groups is 2. The normalized spacial score (nSPS) is 29.5. The molecule has 2 saturated heterocycles. The summed E-state index contributed by atoms with van der Waals surface area (Å²) in [7, 11) is -1.73. The third kappa shape index (κ3) is 4.23. The molecular weight excluding hydrogens is 344 g/mol. The van der Waals surface area contributed by atoms with Gasteiger partial charge in [-0.3, -0.25) is 9.59 Å². The van der Waals surface area contributed by atoms with Crippen LogP contribution < -0.4 is 5.32 Å². The second-order valence-electron chi connectivity index (χ2n) is 7.19. The van der Waals surface area contributed by atoms with Crippen LogP contribution in [0.2, 0.25) is 0 Å². The summed E-state index contributed by atoms with van der Waals surface area (Å²) in [5.41, 5.74) is 0.719. The summed E-state index contributed by atoms with van der Waals surface area (Å²) >= 11 is 0. The molecule has 0 saturated carbocycles. The van der Waals surface area contributed by atoms with Gasteiger partial charge in [-0.15, -0.1) is 0 Å². The van der Waals surface area contributed by atoms with Gasteiger partial charge in [0.15, 0.2) is 9.84 Å². The smallest absolute Gasteiger partial charge is 0.247 e. The predicted octanol–water partition coefficient (Wildman–Crippen LogP) is 0.264. The average Bonchev–Trinajstić information content (AvgIpc) is 2.70. The third-order valence-corrected chi connectivity index (χ3v) is 7.05. The average molecular weight is 370 g/mol. The summed E-state index contributed by atoms with van der Waals surface area (Å²) in [6.45, 7) is 0.968. The maximum Gasteiger partial charge on any atom is 0.247 e. The van der Waals surface area contributed by atoms with Gasteiger partial charge in [0.2, 0.25) is 11.8 Å². The van der Waals surface area contributed by atoms with Crippen LogP contribution in [0.5, 0.6) is 0 Å². The van der Waals surface area contributed by atoms with E-state index in [1.165, 1.54) is 0 Å². The highest BCUT2D eigenvalue weighted by molar-refractivity contribution is 7.91. The van der Waals surface area contributed by atoms with Crippen LogP contribution in [0.4, 0.5) is 0 Å². The first-order valence-corrected chi connectivity index (χ1v) is 10.7. The molecule has 3 rings (SSSR count). The van der Waals surface area contributed by atoms with Gasteiger partial charge in [0.25, 0.3) is 0 Å². The van der Waals surface area contributed by atoms with E-state index in [1.54, 1.807) is 12.0 Å². The lowest BCUT2D eigenvalue weighted by Crippen LogP contribution is -2.58. The molecule has 2 aliphatic heterocycles. The number of nitrogens with one attached hydrogen (secondary N) is 1. The largest absolute Gasteiger partial charge is 0.378 e. The summed E-state index contributed by atoms with van der Waals surface area (Å²) in [6, 6.07) is -0.643. The molecule has 0 bridgehead atoms. The first-order chi connectivity index (χ1) is 11.9. The van der Waals surface area contributed by atoms with Crippen LogP contribution in [0.1, 0.15) is 32.1 Å². The molecule has 1 N–H and O–H groups in total. The van der Waals surface area contributed by atoms with Crippen LogP contribution in [0.15, 0.2) is 11.6 Å². The Hall–Kier alpha value is -1.41. The molecule has 25 heavy (non-hydrogen) atoms. The number of likely N-dealkylation sites (tertiary alicyclic amines) is 1. The number of ether oxygens (including phenoxy) is 1. The summed E-state index contributed by atoms with van der Waals surface area (Å²) in [5, 5.41) is 2.83. The molecule has 0 radical (unpaired) electrons. The van der Waals surface area contributed by atoms with Gasteiger partial charge < -0.3 is 15.0 Å². The van der Waals surface area contributed by atoms with Gasteiger partial charge in [0, 0.05) is 25.8 Å². The van der Waals surface area contributed by atoms with E-state index in [2.05, 4.69) is 5.32 Å². The Kier molecular flexibility index (Phi) is 5.48. The summed E-state index contributed by atoms with van der Waals surface area (Å²) < 4.78 is 29.3. The van der Waals surface area contributed by atoms with Gasteiger partial charge >= 0.3 is 0 Å². The molecule has 8 heteroatoms. The van der Waals surface area contributed by atoms with E-state index in [0.717, 1.165) is 31.3 Å². The monoisotopic (exact) mass is 370 g/mol. The zero-order chi connectivity index (χ0) is 18.0. The fourth-order valence-electron chi connectivity index (χ4n) is 3.72. The maximum absolute atomic E-state index is 12.6. The van der Waals surface area contributed by atoms with E-state index in [-0.39, 0.29) is 29.4 Å². The molecule has 7 nitrogen and oxygen atoms in total. The van der Waals surface area contributed by atoms with Crippen molar-refractivity contribution in [2.24, 2.45) is 5.92 Å². The van der Waals surface area contributed by atoms with Crippen LogP contribution in [0.3, 0.4) is 0 Å². The Morgan fingerprint density at radius 2 is 1.96 bits per heavy atom. The highest BCUT2D eigenvalue weighted by atomic mass is 32.2. The molecule has 1 aliphatic carbocycles. The second-order valence-corrected chi connectivity index (χ2v) is 9.35. The van der Waals surface area contributed by atoms with E-state index < -0.39 is 21.8 Å². The highest BCUT2D eigenvalue weighted by Crippen LogP contribution is 2.25. The predicted molar refractivity (Wildman–Crippen MR) is 92.6 cm³/mol. The molecule has 2 fully saturated rings. The van der Waals surface area contributed by atoms with Crippen LogP contribution in [-0.4, -0.2) is 69.0 Å². The topological polar surface area (TPSA) is 92.8 Å². The number of hydrogen-bond acceptors (Lipinski definition) is 5. The molecule has 0 aromatic heterocycles. The molecule has 0 unspecified atom stereocenters. The third-order valence-electron chi connectivity index (χ3n) is 5.31. The van der Waals surface area contributed by atoms with E-state index in [1.807, 2.05) is 6.08 Å². The number of methoxy groups -OCH3 is 1. The first-order valence-electron chi connectivity index (χ1n) is 8.91. The zero-order valence-electron chi connectivity index (χ0n) is 14.6. The molecule has 2 atom stereocenters. The summed E-state index contributed by atoms with van der Waals surface area (Å²) in [6.07, 6.45) is 6.70. The van der Waals surface area contributed by atoms with Gasteiger partial charge in [-0.1, -0.05) is 12.5 Å². The van der Waals surface area contributed by atoms with Crippen LogP contribution >= 0.6 is 0 Å². The Bertz CT molecular complexity index is 667. The second kappa shape index (κ2) is 7.45. The van der Waals surface area contributed by atoms with E-state index >= 15 is 0 Å². The van der Waals surface area contributed by atoms with Crippen molar-refractivity contribution in [1.29, 1.82) is 0 Å². The fourth-order valence-corrected chi connectivity index (χ4v) is 5.64. The summed E-state index contributed by atoms with van der Waals surface area (Å²) in [4.78, 5) is 26.8. The molecule has 140 valence electrons. The molecule has 2 amide bonds. The van der Waals surface area contributed by atoms with E-state index in [4.69, 9.17) is 4.74 Å². The molecule has 0 aromatic rings. The molecule has 0 spiro atoms. The minimum atomic E-state index is -3.32. The van der Waals surface area contributed by atoms with Crippen molar-refractivity contribution in [1.82, 2.24) is 10.2 Å². The zero-order valence-corrected chi connectivity index (χ0v) is 15.4. The molecule has 0 aromatic carbocycles. The number of nitrogens with zero attached hydrogens (tertiary/aromatic N) is 1. The van der Waals surface area contributed by atoms with Gasteiger partial charge in [-0.05, 0) is 25.7 Å². The number of hydrogen-bond donors (Lipinski definition) is 1. The van der Waals surface area contributed by atoms with Crippen molar-refractivity contribution < 1.29 is 22.7 Å². The highest BCUT2D eigenvalue weighted by Gasteiger charge is 2.46. The van der Waals surface area contributed by atoms with Crippen molar-refractivity contribution in [3.05, 3.63) is 11.6 Å². The van der Waals surface area contributed by atoms with Crippen molar-refractivity contribution in [2.75, 3.05) is 31.7 Å². The fraction of sp³-hybridized carbons (Fsp3) is 0.765. The van der Waals surface area contributed by atoms with Crippen molar-refractivity contribution in [3.8, 4) is 0 Å². The number of rotatable bonds is 4. The van der Waals surface area contributed by atoms with Gasteiger partial charge in [-0.2, -0.15) is 0 Å². The lowest BCUT2D eigenvalue weighted by molar-refractivity contribution is -0.147. The minimum absolute atomic E-state index is 0.0196. The molecular formula is C17H26N2O5S. The number of allylic oxidation sites excluding steroid dienone is 1. The van der Waals surface area contributed by atoms with Gasteiger partial charge in [0.05, 0.1) is 29.6 Å². The summed E-state index contributed by atoms with van der Waals surface area (Å²) in [5.74, 6) is -1.47. The number of carbonyl (C=O) groups excluding carboxylic acids is 2. The van der Waals surface area contributed by atoms with Crippen LogP contribution in [-0.2, 0) is 24.2 Å². The Morgan fingerprint density at radius 1 is 1.20 bits per heavy atom. The van der Waals surface area contributed by atoms with Crippen molar-refractivity contribution >= 4 is 21.7 Å².